The van der Waals surface area contributed by atoms with Crippen molar-refractivity contribution in [3.8, 4) is 0 Å². The number of allylic oxidation sites excluding steroid dienone is 2. The maximum absolute atomic E-state index is 12.8. The third-order valence-electron chi connectivity index (χ3n) is 13.0. The minimum atomic E-state index is -1.08. The van der Waals surface area contributed by atoms with Crippen LogP contribution in [0.5, 0.6) is 0 Å². The molecule has 0 bridgehead atoms. The van der Waals surface area contributed by atoms with Crippen molar-refractivity contribution in [3.63, 3.8) is 0 Å². The number of fused-ring (bicyclic) bond motifs is 7. The summed E-state index contributed by atoms with van der Waals surface area (Å²) in [4.78, 5) is 12.8. The molecular formula is C30H48O6. The summed E-state index contributed by atoms with van der Waals surface area (Å²) in [5.74, 6) is -0.842. The normalized spacial score (nSPS) is 55.9. The van der Waals surface area contributed by atoms with E-state index in [0.29, 0.717) is 19.3 Å². The van der Waals surface area contributed by atoms with Crippen LogP contribution in [0.2, 0.25) is 0 Å². The number of aliphatic carboxylic acids is 1. The summed E-state index contributed by atoms with van der Waals surface area (Å²) in [5.41, 5.74) is -1.32. The van der Waals surface area contributed by atoms with E-state index >= 15 is 0 Å². The summed E-state index contributed by atoms with van der Waals surface area (Å²) in [6.07, 6.45) is 5.27. The van der Waals surface area contributed by atoms with Gasteiger partial charge in [0, 0.05) is 11.3 Å². The predicted molar refractivity (Wildman–Crippen MR) is 137 cm³/mol. The van der Waals surface area contributed by atoms with Crippen LogP contribution in [-0.2, 0) is 4.79 Å². The molecule has 0 aromatic rings. The first-order valence-corrected chi connectivity index (χ1v) is 14.1. The van der Waals surface area contributed by atoms with E-state index in [0.717, 1.165) is 32.1 Å². The number of aliphatic hydroxyl groups excluding tert-OH is 4. The van der Waals surface area contributed by atoms with Crippen LogP contribution in [0.1, 0.15) is 92.9 Å². The van der Waals surface area contributed by atoms with Crippen molar-refractivity contribution in [1.29, 1.82) is 0 Å². The molecule has 0 spiro atoms. The molecule has 5 aliphatic rings. The van der Waals surface area contributed by atoms with Crippen LogP contribution in [0.4, 0.5) is 0 Å². The summed E-state index contributed by atoms with van der Waals surface area (Å²) in [6.45, 7) is 12.8. The Morgan fingerprint density at radius 2 is 1.56 bits per heavy atom. The first-order valence-electron chi connectivity index (χ1n) is 14.1. The van der Waals surface area contributed by atoms with Crippen molar-refractivity contribution < 1.29 is 30.3 Å². The smallest absolute Gasteiger partial charge is 0.310 e. The highest BCUT2D eigenvalue weighted by Gasteiger charge is 2.72. The SMILES string of the molecule is CC1(C)CC[C@]2(C(=O)O)CC[C@]3(C)C(=CC[C@@H]4[C@@]5(C)C[C@H](O)[C@H](O)C(C)(CO)C5[C@H](O)C[C@]43C)[C@H]2C1. The van der Waals surface area contributed by atoms with Gasteiger partial charge in [0.15, 0.2) is 0 Å². The minimum absolute atomic E-state index is 0.000534. The van der Waals surface area contributed by atoms with Crippen molar-refractivity contribution in [2.45, 2.75) is 111 Å². The van der Waals surface area contributed by atoms with Gasteiger partial charge in [0.2, 0.25) is 0 Å². The van der Waals surface area contributed by atoms with Gasteiger partial charge in [-0.1, -0.05) is 53.2 Å². The Labute approximate surface area is 216 Å². The van der Waals surface area contributed by atoms with Gasteiger partial charge < -0.3 is 25.5 Å². The summed E-state index contributed by atoms with van der Waals surface area (Å²) in [7, 11) is 0. The molecule has 0 heterocycles. The number of rotatable bonds is 2. The lowest BCUT2D eigenvalue weighted by atomic mass is 9.33. The molecule has 4 saturated carbocycles. The highest BCUT2D eigenvalue weighted by Crippen LogP contribution is 2.75. The molecule has 5 rings (SSSR count). The van der Waals surface area contributed by atoms with Gasteiger partial charge in [-0.2, -0.15) is 0 Å². The fraction of sp³-hybridized carbons (Fsp3) is 0.900. The van der Waals surface area contributed by atoms with Gasteiger partial charge in [-0.25, -0.2) is 0 Å². The molecule has 0 aromatic carbocycles. The largest absolute Gasteiger partial charge is 0.481 e. The second-order valence-corrected chi connectivity index (χ2v) is 15.2. The quantitative estimate of drug-likeness (QED) is 0.361. The molecule has 6 nitrogen and oxygen atoms in total. The minimum Gasteiger partial charge on any atom is -0.481 e. The van der Waals surface area contributed by atoms with Crippen molar-refractivity contribution in [3.05, 3.63) is 11.6 Å². The Bertz CT molecular complexity index is 974. The number of aliphatic hydroxyl groups is 4. The molecule has 5 aliphatic carbocycles. The number of carboxylic acids is 1. The average Bonchev–Trinajstić information content (AvgIpc) is 2.77. The van der Waals surface area contributed by atoms with E-state index in [1.54, 1.807) is 0 Å². The maximum atomic E-state index is 12.8. The second-order valence-electron chi connectivity index (χ2n) is 15.2. The highest BCUT2D eigenvalue weighted by molar-refractivity contribution is 5.76. The van der Waals surface area contributed by atoms with Crippen molar-refractivity contribution >= 4 is 5.97 Å². The van der Waals surface area contributed by atoms with Gasteiger partial charge in [0.1, 0.15) is 0 Å². The molecule has 11 atom stereocenters. The van der Waals surface area contributed by atoms with Gasteiger partial charge in [0.05, 0.1) is 30.3 Å². The molecule has 36 heavy (non-hydrogen) atoms. The zero-order chi connectivity index (χ0) is 26.7. The van der Waals surface area contributed by atoms with Crippen molar-refractivity contribution in [2.24, 2.45) is 50.2 Å². The molecular weight excluding hydrogens is 456 g/mol. The van der Waals surface area contributed by atoms with E-state index < -0.39 is 40.5 Å². The van der Waals surface area contributed by atoms with E-state index in [1.165, 1.54) is 5.57 Å². The number of hydrogen-bond donors (Lipinski definition) is 5. The third-order valence-corrected chi connectivity index (χ3v) is 13.0. The molecule has 6 heteroatoms. The maximum Gasteiger partial charge on any atom is 0.310 e. The number of hydrogen-bond acceptors (Lipinski definition) is 5. The van der Waals surface area contributed by atoms with Crippen LogP contribution in [-0.4, -0.2) is 56.4 Å². The standard InChI is InChI=1S/C30H48O6/c1-25(2)9-11-30(24(35)36)12-10-28(5)17(18(30)13-25)7-8-21-26(3)14-20(33)23(34)27(4,16-31)22(26)19(32)15-29(21,28)6/h7,18-23,31-34H,8-16H2,1-6H3,(H,35,36)/t18-,19-,20+,21-,22?,23+,26-,27?,28-,29-,30+/m1/s1. The lowest BCUT2D eigenvalue weighted by Crippen LogP contribution is -2.71. The topological polar surface area (TPSA) is 118 Å². The van der Waals surface area contributed by atoms with E-state index in [1.807, 2.05) is 6.92 Å². The lowest BCUT2D eigenvalue weighted by molar-refractivity contribution is -0.273. The first-order chi connectivity index (χ1) is 16.5. The lowest BCUT2D eigenvalue weighted by Gasteiger charge is -2.72. The Morgan fingerprint density at radius 1 is 0.917 bits per heavy atom. The fourth-order valence-corrected chi connectivity index (χ4v) is 10.9. The monoisotopic (exact) mass is 504 g/mol. The summed E-state index contributed by atoms with van der Waals surface area (Å²) < 4.78 is 0. The Balaban J connectivity index is 1.64. The average molecular weight is 505 g/mol. The Hall–Kier alpha value is -0.950. The van der Waals surface area contributed by atoms with Gasteiger partial charge in [0.25, 0.3) is 0 Å². The van der Waals surface area contributed by atoms with Gasteiger partial charge in [-0.05, 0) is 84.9 Å². The zero-order valence-corrected chi connectivity index (χ0v) is 23.0. The summed E-state index contributed by atoms with van der Waals surface area (Å²) in [6, 6.07) is 0. The van der Waals surface area contributed by atoms with Crippen LogP contribution in [0, 0.1) is 50.2 Å². The number of carbonyl (C=O) groups is 1. The summed E-state index contributed by atoms with van der Waals surface area (Å²) >= 11 is 0. The molecule has 5 N–H and O–H groups in total. The van der Waals surface area contributed by atoms with Crippen LogP contribution < -0.4 is 0 Å². The van der Waals surface area contributed by atoms with Gasteiger partial charge >= 0.3 is 5.97 Å². The Morgan fingerprint density at radius 3 is 2.17 bits per heavy atom. The molecule has 0 amide bonds. The zero-order valence-electron chi connectivity index (χ0n) is 23.0. The summed E-state index contributed by atoms with van der Waals surface area (Å²) in [5, 5.41) is 54.6. The molecule has 204 valence electrons. The van der Waals surface area contributed by atoms with Crippen molar-refractivity contribution in [1.82, 2.24) is 0 Å². The molecule has 0 aliphatic heterocycles. The predicted octanol–water partition coefficient (Wildman–Crippen LogP) is 4.15. The highest BCUT2D eigenvalue weighted by atomic mass is 16.4. The Kier molecular flexibility index (Phi) is 5.77. The van der Waals surface area contributed by atoms with E-state index in [4.69, 9.17) is 0 Å². The van der Waals surface area contributed by atoms with E-state index in [2.05, 4.69) is 40.7 Å². The van der Waals surface area contributed by atoms with Crippen LogP contribution >= 0.6 is 0 Å². The molecule has 4 fully saturated rings. The molecule has 2 unspecified atom stereocenters. The van der Waals surface area contributed by atoms with Crippen LogP contribution in [0.3, 0.4) is 0 Å². The number of carboxylic acid groups (broad SMARTS) is 1. The van der Waals surface area contributed by atoms with E-state index in [9.17, 15) is 30.3 Å². The molecule has 0 saturated heterocycles. The molecule has 0 radical (unpaired) electrons. The third kappa shape index (κ3) is 3.08. The van der Waals surface area contributed by atoms with Crippen LogP contribution in [0.15, 0.2) is 11.6 Å². The second kappa shape index (κ2) is 7.80. The van der Waals surface area contributed by atoms with Gasteiger partial charge in [-0.3, -0.25) is 4.79 Å². The van der Waals surface area contributed by atoms with Crippen molar-refractivity contribution in [2.75, 3.05) is 6.61 Å². The van der Waals surface area contributed by atoms with E-state index in [-0.39, 0.29) is 40.6 Å². The fourth-order valence-electron chi connectivity index (χ4n) is 10.9. The molecule has 0 aromatic heterocycles. The van der Waals surface area contributed by atoms with Crippen LogP contribution in [0.25, 0.3) is 0 Å². The van der Waals surface area contributed by atoms with Gasteiger partial charge in [-0.15, -0.1) is 0 Å². The first kappa shape index (κ1) is 26.6.